The highest BCUT2D eigenvalue weighted by molar-refractivity contribution is 4.88. The Bertz CT molecular complexity index is 84.3. The number of hydrogen-bond donors (Lipinski definition) is 0. The van der Waals surface area contributed by atoms with E-state index < -0.39 is 0 Å². The summed E-state index contributed by atoms with van der Waals surface area (Å²) in [6.45, 7) is 13.2. The molecule has 1 heteroatoms. The quantitative estimate of drug-likeness (QED) is 0.565. The molecule has 0 aromatic rings. The van der Waals surface area contributed by atoms with Crippen molar-refractivity contribution in [2.75, 3.05) is 0 Å². The van der Waals surface area contributed by atoms with Crippen molar-refractivity contribution in [1.82, 2.24) is 4.90 Å². The van der Waals surface area contributed by atoms with Crippen LogP contribution in [0.2, 0.25) is 0 Å². The molecule has 2 atom stereocenters. The van der Waals surface area contributed by atoms with Crippen LogP contribution in [0, 0.1) is 0 Å². The van der Waals surface area contributed by atoms with E-state index >= 15 is 0 Å². The Morgan fingerprint density at radius 3 is 1.55 bits per heavy atom. The van der Waals surface area contributed by atoms with Gasteiger partial charge in [-0.3, -0.25) is 4.90 Å². The predicted molar refractivity (Wildman–Crippen MR) is 51.9 cm³/mol. The first-order valence-corrected chi connectivity index (χ1v) is 4.90. The average Bonchev–Trinajstić information content (AvgIpc) is 1.90. The van der Waals surface area contributed by atoms with Gasteiger partial charge in [0, 0.05) is 18.1 Å². The van der Waals surface area contributed by atoms with Crippen molar-refractivity contribution in [2.24, 2.45) is 0 Å². The Morgan fingerprint density at radius 2 is 1.45 bits per heavy atom. The third-order valence-corrected chi connectivity index (χ3v) is 2.30. The van der Waals surface area contributed by atoms with E-state index in [2.05, 4.69) is 32.6 Å². The average molecular weight is 157 g/mol. The topological polar surface area (TPSA) is 3.24 Å². The third kappa shape index (κ3) is 2.48. The Balaban J connectivity index is 0.000000461. The van der Waals surface area contributed by atoms with Gasteiger partial charge in [0.05, 0.1) is 0 Å². The molecule has 1 heterocycles. The van der Waals surface area contributed by atoms with Crippen LogP contribution in [0.15, 0.2) is 0 Å². The smallest absolute Gasteiger partial charge is 0.00872 e. The van der Waals surface area contributed by atoms with Crippen molar-refractivity contribution in [2.45, 2.75) is 66.1 Å². The molecule has 0 aromatic heterocycles. The number of hydrogen-bond acceptors (Lipinski definition) is 1. The summed E-state index contributed by atoms with van der Waals surface area (Å²) < 4.78 is 0. The Kier molecular flexibility index (Phi) is 4.74. The normalized spacial score (nSPS) is 30.8. The predicted octanol–water partition coefficient (Wildman–Crippen LogP) is 2.90. The van der Waals surface area contributed by atoms with Crippen LogP contribution in [-0.4, -0.2) is 23.0 Å². The van der Waals surface area contributed by atoms with Gasteiger partial charge in [-0.1, -0.05) is 13.8 Å². The largest absolute Gasteiger partial charge is 0.295 e. The SMILES string of the molecule is CC.CC(C)N1C(C)CC1C. The molecule has 1 aliphatic heterocycles. The van der Waals surface area contributed by atoms with E-state index in [0.29, 0.717) is 0 Å². The van der Waals surface area contributed by atoms with E-state index in [4.69, 9.17) is 0 Å². The highest BCUT2D eigenvalue weighted by Gasteiger charge is 2.32. The molecule has 11 heavy (non-hydrogen) atoms. The molecule has 68 valence electrons. The monoisotopic (exact) mass is 157 g/mol. The number of likely N-dealkylation sites (tertiary alicyclic amines) is 1. The number of nitrogens with zero attached hydrogens (tertiary/aromatic N) is 1. The van der Waals surface area contributed by atoms with E-state index in [-0.39, 0.29) is 0 Å². The van der Waals surface area contributed by atoms with Crippen molar-refractivity contribution in [1.29, 1.82) is 0 Å². The molecule has 0 bridgehead atoms. The standard InChI is InChI=1S/C8H17N.C2H6/c1-6(2)9-7(3)5-8(9)4;1-2/h6-8H,5H2,1-4H3;1-2H3. The Morgan fingerprint density at radius 1 is 1.09 bits per heavy atom. The second kappa shape index (κ2) is 4.76. The van der Waals surface area contributed by atoms with Gasteiger partial charge in [-0.05, 0) is 34.1 Å². The van der Waals surface area contributed by atoms with Crippen LogP contribution in [-0.2, 0) is 0 Å². The zero-order valence-electron chi connectivity index (χ0n) is 8.89. The Labute approximate surface area is 71.8 Å². The van der Waals surface area contributed by atoms with Gasteiger partial charge >= 0.3 is 0 Å². The molecule has 2 unspecified atom stereocenters. The second-order valence-electron chi connectivity index (χ2n) is 3.47. The Hall–Kier alpha value is -0.0400. The zero-order chi connectivity index (χ0) is 9.02. The van der Waals surface area contributed by atoms with E-state index in [1.807, 2.05) is 13.8 Å². The van der Waals surface area contributed by atoms with Crippen molar-refractivity contribution in [3.05, 3.63) is 0 Å². The molecule has 0 aliphatic carbocycles. The fourth-order valence-electron chi connectivity index (χ4n) is 2.05. The molecule has 0 N–H and O–H groups in total. The van der Waals surface area contributed by atoms with Gasteiger partial charge in [0.25, 0.3) is 0 Å². The van der Waals surface area contributed by atoms with Crippen LogP contribution in [0.4, 0.5) is 0 Å². The van der Waals surface area contributed by atoms with E-state index in [1.54, 1.807) is 0 Å². The summed E-state index contributed by atoms with van der Waals surface area (Å²) in [4.78, 5) is 2.56. The molecule has 0 aromatic carbocycles. The summed E-state index contributed by atoms with van der Waals surface area (Å²) in [6.07, 6.45) is 1.39. The fraction of sp³-hybridized carbons (Fsp3) is 1.00. The van der Waals surface area contributed by atoms with Crippen LogP contribution in [0.25, 0.3) is 0 Å². The first-order valence-electron chi connectivity index (χ1n) is 4.90. The van der Waals surface area contributed by atoms with Crippen molar-refractivity contribution < 1.29 is 0 Å². The summed E-state index contributed by atoms with van der Waals surface area (Å²) in [7, 11) is 0. The lowest BCUT2D eigenvalue weighted by Crippen LogP contribution is -2.55. The second-order valence-corrected chi connectivity index (χ2v) is 3.47. The maximum Gasteiger partial charge on any atom is 0.00872 e. The molecular weight excluding hydrogens is 134 g/mol. The summed E-state index contributed by atoms with van der Waals surface area (Å²) in [5, 5.41) is 0. The van der Waals surface area contributed by atoms with Crippen molar-refractivity contribution in [3.8, 4) is 0 Å². The van der Waals surface area contributed by atoms with Gasteiger partial charge in [-0.25, -0.2) is 0 Å². The first kappa shape index (κ1) is 11.0. The molecule has 1 fully saturated rings. The van der Waals surface area contributed by atoms with Gasteiger partial charge in [0.15, 0.2) is 0 Å². The molecule has 1 rings (SSSR count). The third-order valence-electron chi connectivity index (χ3n) is 2.30. The molecule has 0 amide bonds. The van der Waals surface area contributed by atoms with Crippen LogP contribution in [0.3, 0.4) is 0 Å². The maximum absolute atomic E-state index is 2.56. The van der Waals surface area contributed by atoms with E-state index in [9.17, 15) is 0 Å². The van der Waals surface area contributed by atoms with Gasteiger partial charge in [-0.15, -0.1) is 0 Å². The highest BCUT2D eigenvalue weighted by atomic mass is 15.3. The van der Waals surface area contributed by atoms with Gasteiger partial charge < -0.3 is 0 Å². The summed E-state index contributed by atoms with van der Waals surface area (Å²) in [6, 6.07) is 2.41. The summed E-state index contributed by atoms with van der Waals surface area (Å²) >= 11 is 0. The summed E-state index contributed by atoms with van der Waals surface area (Å²) in [5.41, 5.74) is 0. The minimum atomic E-state index is 0.740. The highest BCUT2D eigenvalue weighted by Crippen LogP contribution is 2.26. The first-order chi connectivity index (χ1) is 5.13. The molecular formula is C10H23N. The molecule has 1 nitrogen and oxygen atoms in total. The van der Waals surface area contributed by atoms with Gasteiger partial charge in [0.2, 0.25) is 0 Å². The molecule has 0 spiro atoms. The zero-order valence-corrected chi connectivity index (χ0v) is 8.89. The molecule has 1 aliphatic rings. The van der Waals surface area contributed by atoms with Crippen molar-refractivity contribution >= 4 is 0 Å². The molecule has 0 radical (unpaired) electrons. The van der Waals surface area contributed by atoms with Gasteiger partial charge in [-0.2, -0.15) is 0 Å². The molecule has 1 saturated heterocycles. The fourth-order valence-corrected chi connectivity index (χ4v) is 2.05. The van der Waals surface area contributed by atoms with Gasteiger partial charge in [0.1, 0.15) is 0 Å². The lowest BCUT2D eigenvalue weighted by Gasteiger charge is -2.48. The van der Waals surface area contributed by atoms with Crippen LogP contribution in [0.5, 0.6) is 0 Å². The van der Waals surface area contributed by atoms with Crippen LogP contribution >= 0.6 is 0 Å². The lowest BCUT2D eigenvalue weighted by molar-refractivity contribution is 0.00770. The molecule has 0 saturated carbocycles. The minimum Gasteiger partial charge on any atom is -0.295 e. The van der Waals surface area contributed by atoms with Crippen LogP contribution in [0.1, 0.15) is 48.0 Å². The van der Waals surface area contributed by atoms with E-state index in [1.165, 1.54) is 6.42 Å². The maximum atomic E-state index is 2.56. The van der Waals surface area contributed by atoms with Crippen molar-refractivity contribution in [3.63, 3.8) is 0 Å². The number of rotatable bonds is 1. The lowest BCUT2D eigenvalue weighted by atomic mass is 9.94. The van der Waals surface area contributed by atoms with E-state index in [0.717, 1.165) is 18.1 Å². The van der Waals surface area contributed by atoms with Crippen LogP contribution < -0.4 is 0 Å². The minimum absolute atomic E-state index is 0.740. The summed E-state index contributed by atoms with van der Waals surface area (Å²) in [5.74, 6) is 0.